The molecule has 136 valence electrons. The van der Waals surface area contributed by atoms with E-state index in [1.54, 1.807) is 0 Å². The molecular weight excluding hydrogens is 328 g/mol. The lowest BCUT2D eigenvalue weighted by atomic mass is 9.95. The first-order valence-electron chi connectivity index (χ1n) is 8.74. The van der Waals surface area contributed by atoms with E-state index in [1.165, 1.54) is 11.1 Å². The molecule has 0 atom stereocenters. The second-order valence-electron chi connectivity index (χ2n) is 7.41. The average Bonchev–Trinajstić information content (AvgIpc) is 2.54. The number of sulfone groups is 1. The van der Waals surface area contributed by atoms with Crippen LogP contribution < -0.4 is 0 Å². The lowest BCUT2D eigenvalue weighted by Crippen LogP contribution is -2.15. The Morgan fingerprint density at radius 2 is 0.520 bits per heavy atom. The predicted octanol–water partition coefficient (Wildman–Crippen LogP) is 5.60. The molecule has 0 aromatic heterocycles. The van der Waals surface area contributed by atoms with Gasteiger partial charge in [0.1, 0.15) is 0 Å². The molecule has 0 saturated carbocycles. The second-order valence-corrected chi connectivity index (χ2v) is 9.24. The largest absolute Gasteiger partial charge is 0.218 e. The van der Waals surface area contributed by atoms with Crippen LogP contribution in [0.4, 0.5) is 0 Å². The summed E-state index contributed by atoms with van der Waals surface area (Å²) in [5.41, 5.74) is 10.1. The van der Waals surface area contributed by atoms with Gasteiger partial charge in [-0.2, -0.15) is 0 Å². The molecule has 0 bridgehead atoms. The topological polar surface area (TPSA) is 34.1 Å². The lowest BCUT2D eigenvalue weighted by Gasteiger charge is -2.23. The molecule has 2 aromatic carbocycles. The third-order valence-electron chi connectivity index (χ3n) is 6.40. The molecule has 0 fully saturated rings. The third kappa shape index (κ3) is 2.73. The highest BCUT2D eigenvalue weighted by atomic mass is 32.2. The first kappa shape index (κ1) is 19.7. The van der Waals surface area contributed by atoms with Crippen molar-refractivity contribution in [3.05, 3.63) is 55.6 Å². The molecule has 3 heteroatoms. The number of hydrogen-bond donors (Lipinski definition) is 0. The van der Waals surface area contributed by atoms with Crippen molar-refractivity contribution in [2.75, 3.05) is 0 Å². The molecule has 0 aliphatic heterocycles. The summed E-state index contributed by atoms with van der Waals surface area (Å²) in [4.78, 5) is 0.976. The first-order chi connectivity index (χ1) is 11.4. The fourth-order valence-electron chi connectivity index (χ4n) is 3.84. The minimum atomic E-state index is -3.59. The zero-order valence-corrected chi connectivity index (χ0v) is 18.0. The quantitative estimate of drug-likeness (QED) is 0.700. The Morgan fingerprint density at radius 3 is 0.720 bits per heavy atom. The summed E-state index contributed by atoms with van der Waals surface area (Å²) < 4.78 is 27.5. The van der Waals surface area contributed by atoms with E-state index in [1.807, 2.05) is 55.4 Å². The highest BCUT2D eigenvalue weighted by Gasteiger charge is 2.30. The summed E-state index contributed by atoms with van der Waals surface area (Å²) >= 11 is 0. The fraction of sp³-hybridized carbons (Fsp3) is 0.455. The normalized spacial score (nSPS) is 11.9. The van der Waals surface area contributed by atoms with Crippen LogP contribution in [0.2, 0.25) is 0 Å². The van der Waals surface area contributed by atoms with Crippen LogP contribution in [0.15, 0.2) is 9.79 Å². The van der Waals surface area contributed by atoms with Crippen molar-refractivity contribution in [3.63, 3.8) is 0 Å². The van der Waals surface area contributed by atoms with E-state index in [2.05, 4.69) is 13.8 Å². The smallest absolute Gasteiger partial charge is 0.207 e. The summed E-state index contributed by atoms with van der Waals surface area (Å²) in [7, 11) is -3.59. The van der Waals surface area contributed by atoms with Crippen LogP contribution >= 0.6 is 0 Å². The summed E-state index contributed by atoms with van der Waals surface area (Å²) in [6.07, 6.45) is 0. The van der Waals surface area contributed by atoms with Crippen molar-refractivity contribution in [2.45, 2.75) is 79.0 Å². The maximum Gasteiger partial charge on any atom is 0.207 e. The van der Waals surface area contributed by atoms with Gasteiger partial charge >= 0.3 is 0 Å². The van der Waals surface area contributed by atoms with Crippen molar-refractivity contribution >= 4 is 9.84 Å². The maximum atomic E-state index is 13.7. The zero-order valence-electron chi connectivity index (χ0n) is 17.2. The lowest BCUT2D eigenvalue weighted by molar-refractivity contribution is 0.593. The SMILES string of the molecule is Cc1c(C)c(C)c(S(=O)(=O)c2c(C)c(C)c(C)c(C)c2C)c(C)c1C. The Hall–Kier alpha value is -1.61. The second kappa shape index (κ2) is 6.28. The Balaban J connectivity index is 3.02. The Bertz CT molecular complexity index is 860. The van der Waals surface area contributed by atoms with Gasteiger partial charge in [0.25, 0.3) is 0 Å². The molecule has 2 aromatic rings. The van der Waals surface area contributed by atoms with Gasteiger partial charge in [-0.05, 0) is 125 Å². The van der Waals surface area contributed by atoms with Crippen LogP contribution in [-0.4, -0.2) is 8.42 Å². The van der Waals surface area contributed by atoms with Gasteiger partial charge in [-0.1, -0.05) is 0 Å². The molecule has 0 spiro atoms. The molecule has 0 amide bonds. The standard InChI is InChI=1S/C22H30O2S/c1-11-13(3)17(7)21(18(8)14(11)4)25(23,24)22-19(9)15(5)12(2)16(6)20(22)10/h1-10H3. The molecule has 2 rings (SSSR count). The highest BCUT2D eigenvalue weighted by molar-refractivity contribution is 7.91. The third-order valence-corrected chi connectivity index (χ3v) is 8.70. The monoisotopic (exact) mass is 358 g/mol. The van der Waals surface area contributed by atoms with Crippen molar-refractivity contribution in [2.24, 2.45) is 0 Å². The van der Waals surface area contributed by atoms with Gasteiger partial charge in [-0.25, -0.2) is 8.42 Å². The summed E-state index contributed by atoms with van der Waals surface area (Å²) in [6.45, 7) is 19.9. The van der Waals surface area contributed by atoms with Gasteiger partial charge in [0.15, 0.2) is 0 Å². The van der Waals surface area contributed by atoms with Crippen molar-refractivity contribution in [1.29, 1.82) is 0 Å². The minimum Gasteiger partial charge on any atom is -0.218 e. The van der Waals surface area contributed by atoms with E-state index in [4.69, 9.17) is 0 Å². The van der Waals surface area contributed by atoms with E-state index in [9.17, 15) is 8.42 Å². The van der Waals surface area contributed by atoms with Gasteiger partial charge in [0, 0.05) is 0 Å². The summed E-state index contributed by atoms with van der Waals surface area (Å²) in [6, 6.07) is 0. The van der Waals surface area contributed by atoms with E-state index < -0.39 is 9.84 Å². The average molecular weight is 359 g/mol. The summed E-state index contributed by atoms with van der Waals surface area (Å²) in [5, 5.41) is 0. The van der Waals surface area contributed by atoms with Crippen LogP contribution in [0.25, 0.3) is 0 Å². The van der Waals surface area contributed by atoms with E-state index in [0.717, 1.165) is 44.5 Å². The predicted molar refractivity (Wildman–Crippen MR) is 106 cm³/mol. The molecule has 0 aliphatic carbocycles. The Kier molecular flexibility index (Phi) is 4.95. The van der Waals surface area contributed by atoms with Gasteiger partial charge in [0.05, 0.1) is 9.79 Å². The molecule has 0 unspecified atom stereocenters. The van der Waals surface area contributed by atoms with Gasteiger partial charge in [-0.3, -0.25) is 0 Å². The van der Waals surface area contributed by atoms with Crippen LogP contribution in [-0.2, 0) is 9.84 Å². The Labute approximate surface area is 153 Å². The van der Waals surface area contributed by atoms with E-state index in [-0.39, 0.29) is 0 Å². The highest BCUT2D eigenvalue weighted by Crippen LogP contribution is 2.38. The van der Waals surface area contributed by atoms with Crippen LogP contribution in [0.1, 0.15) is 55.6 Å². The fourth-order valence-corrected chi connectivity index (χ4v) is 6.27. The first-order valence-corrected chi connectivity index (χ1v) is 10.2. The van der Waals surface area contributed by atoms with Crippen LogP contribution in [0.5, 0.6) is 0 Å². The van der Waals surface area contributed by atoms with Gasteiger partial charge in [-0.15, -0.1) is 0 Å². The van der Waals surface area contributed by atoms with Gasteiger partial charge < -0.3 is 0 Å². The number of hydrogen-bond acceptors (Lipinski definition) is 2. The van der Waals surface area contributed by atoms with Gasteiger partial charge in [0.2, 0.25) is 9.84 Å². The minimum absolute atomic E-state index is 0.488. The molecule has 0 N–H and O–H groups in total. The van der Waals surface area contributed by atoms with Crippen LogP contribution in [0.3, 0.4) is 0 Å². The zero-order chi connectivity index (χ0) is 19.4. The molecule has 0 saturated heterocycles. The molecule has 0 aliphatic rings. The molecule has 2 nitrogen and oxygen atoms in total. The number of rotatable bonds is 2. The van der Waals surface area contributed by atoms with Crippen LogP contribution in [0, 0.1) is 69.2 Å². The molecular formula is C22H30O2S. The maximum absolute atomic E-state index is 13.7. The number of benzene rings is 2. The molecule has 0 heterocycles. The van der Waals surface area contributed by atoms with E-state index >= 15 is 0 Å². The molecule has 25 heavy (non-hydrogen) atoms. The van der Waals surface area contributed by atoms with Crippen molar-refractivity contribution in [1.82, 2.24) is 0 Å². The molecule has 0 radical (unpaired) electrons. The van der Waals surface area contributed by atoms with Crippen molar-refractivity contribution < 1.29 is 8.42 Å². The summed E-state index contributed by atoms with van der Waals surface area (Å²) in [5.74, 6) is 0. The van der Waals surface area contributed by atoms with Crippen molar-refractivity contribution in [3.8, 4) is 0 Å². The Morgan fingerprint density at radius 1 is 0.360 bits per heavy atom. The van der Waals surface area contributed by atoms with E-state index in [0.29, 0.717) is 9.79 Å².